The van der Waals surface area contributed by atoms with Gasteiger partial charge in [-0.3, -0.25) is 4.79 Å². The summed E-state index contributed by atoms with van der Waals surface area (Å²) in [7, 11) is 0. The molecule has 2 aromatic carbocycles. The Balaban J connectivity index is 1.62. The topological polar surface area (TPSA) is 71.3 Å². The first-order valence-electron chi connectivity index (χ1n) is 7.41. The van der Waals surface area contributed by atoms with Crippen LogP contribution in [-0.2, 0) is 4.79 Å². The molecule has 0 aliphatic carbocycles. The van der Waals surface area contributed by atoms with Crippen LogP contribution in [0.1, 0.15) is 23.6 Å². The van der Waals surface area contributed by atoms with E-state index in [9.17, 15) is 4.79 Å². The molecule has 23 heavy (non-hydrogen) atoms. The van der Waals surface area contributed by atoms with Crippen LogP contribution in [0, 0.1) is 11.3 Å². The van der Waals surface area contributed by atoms with Crippen molar-refractivity contribution in [1.82, 2.24) is 5.32 Å². The Kier molecular flexibility index (Phi) is 4.44. The second-order valence-electron chi connectivity index (χ2n) is 5.19. The summed E-state index contributed by atoms with van der Waals surface area (Å²) < 4.78 is 11.0. The maximum atomic E-state index is 12.1. The molecule has 5 heteroatoms. The van der Waals surface area contributed by atoms with Gasteiger partial charge in [-0.2, -0.15) is 5.26 Å². The predicted octanol–water partition coefficient (Wildman–Crippen LogP) is 2.58. The third-order valence-corrected chi connectivity index (χ3v) is 3.66. The van der Waals surface area contributed by atoms with E-state index in [0.29, 0.717) is 17.9 Å². The third kappa shape index (κ3) is 3.43. The first-order chi connectivity index (χ1) is 11.3. The largest absolute Gasteiger partial charge is 0.493 e. The number of carbonyl (C=O) groups excluding carboxylic acids is 1. The fourth-order valence-electron chi connectivity index (χ4n) is 2.56. The predicted molar refractivity (Wildman–Crippen MR) is 84.1 cm³/mol. The quantitative estimate of drug-likeness (QED) is 0.942. The van der Waals surface area contributed by atoms with Gasteiger partial charge < -0.3 is 14.8 Å². The van der Waals surface area contributed by atoms with Crippen molar-refractivity contribution < 1.29 is 14.3 Å². The monoisotopic (exact) mass is 308 g/mol. The Hall–Kier alpha value is -3.00. The van der Waals surface area contributed by atoms with E-state index >= 15 is 0 Å². The van der Waals surface area contributed by atoms with E-state index in [1.807, 2.05) is 30.3 Å². The molecule has 116 valence electrons. The highest BCUT2D eigenvalue weighted by molar-refractivity contribution is 5.78. The van der Waals surface area contributed by atoms with Gasteiger partial charge in [0.1, 0.15) is 17.6 Å². The number of hydrogen-bond acceptors (Lipinski definition) is 4. The molecule has 0 saturated heterocycles. The van der Waals surface area contributed by atoms with Gasteiger partial charge in [-0.15, -0.1) is 0 Å². The van der Waals surface area contributed by atoms with Gasteiger partial charge in [0.25, 0.3) is 5.91 Å². The highest BCUT2D eigenvalue weighted by Gasteiger charge is 2.22. The number of benzene rings is 2. The molecule has 0 bridgehead atoms. The third-order valence-electron chi connectivity index (χ3n) is 3.66. The van der Waals surface area contributed by atoms with Crippen molar-refractivity contribution in [2.24, 2.45) is 0 Å². The Morgan fingerprint density at radius 3 is 2.91 bits per heavy atom. The van der Waals surface area contributed by atoms with Crippen molar-refractivity contribution in [3.63, 3.8) is 0 Å². The summed E-state index contributed by atoms with van der Waals surface area (Å²) in [4.78, 5) is 12.1. The molecule has 0 radical (unpaired) electrons. The number of rotatable bonds is 4. The Bertz CT molecular complexity index is 752. The van der Waals surface area contributed by atoms with E-state index in [4.69, 9.17) is 14.7 Å². The van der Waals surface area contributed by atoms with Crippen molar-refractivity contribution in [1.29, 1.82) is 5.26 Å². The lowest BCUT2D eigenvalue weighted by Crippen LogP contribution is -2.35. The number of para-hydroxylation sites is 2. The molecular formula is C18H16N2O3. The Labute approximate surface area is 134 Å². The van der Waals surface area contributed by atoms with Crippen LogP contribution >= 0.6 is 0 Å². The summed E-state index contributed by atoms with van der Waals surface area (Å²) in [6.07, 6.45) is 0.720. The van der Waals surface area contributed by atoms with E-state index in [1.54, 1.807) is 24.3 Å². The second-order valence-corrected chi connectivity index (χ2v) is 5.19. The van der Waals surface area contributed by atoms with E-state index in [2.05, 4.69) is 5.32 Å². The SMILES string of the molecule is N#Cc1ccccc1OCC(=O)NC1CCOc2ccccc21. The van der Waals surface area contributed by atoms with Crippen LogP contribution in [0.3, 0.4) is 0 Å². The fourth-order valence-corrected chi connectivity index (χ4v) is 2.56. The lowest BCUT2D eigenvalue weighted by molar-refractivity contribution is -0.124. The molecule has 0 saturated carbocycles. The van der Waals surface area contributed by atoms with E-state index in [1.165, 1.54) is 0 Å². The van der Waals surface area contributed by atoms with Gasteiger partial charge in [0, 0.05) is 12.0 Å². The van der Waals surface area contributed by atoms with Crippen LogP contribution in [0.2, 0.25) is 0 Å². The van der Waals surface area contributed by atoms with Gasteiger partial charge in [-0.25, -0.2) is 0 Å². The standard InChI is InChI=1S/C18H16N2O3/c19-11-13-5-1-3-7-16(13)23-12-18(21)20-15-9-10-22-17-8-4-2-6-14(15)17/h1-8,15H,9-10,12H2,(H,20,21). The van der Waals surface area contributed by atoms with Crippen LogP contribution in [0.25, 0.3) is 0 Å². The zero-order valence-electron chi connectivity index (χ0n) is 12.5. The molecule has 2 aromatic rings. The Morgan fingerprint density at radius 2 is 2.04 bits per heavy atom. The fraction of sp³-hybridized carbons (Fsp3) is 0.222. The number of nitrogens with one attached hydrogen (secondary N) is 1. The van der Waals surface area contributed by atoms with Crippen LogP contribution in [0.5, 0.6) is 11.5 Å². The minimum absolute atomic E-state index is 0.0812. The van der Waals surface area contributed by atoms with Gasteiger partial charge in [0.05, 0.1) is 18.2 Å². The highest BCUT2D eigenvalue weighted by atomic mass is 16.5. The molecule has 0 fully saturated rings. The lowest BCUT2D eigenvalue weighted by Gasteiger charge is -2.26. The van der Waals surface area contributed by atoms with Gasteiger partial charge in [-0.1, -0.05) is 30.3 Å². The first-order valence-corrected chi connectivity index (χ1v) is 7.41. The number of amides is 1. The molecule has 3 rings (SSSR count). The van der Waals surface area contributed by atoms with Crippen molar-refractivity contribution in [2.75, 3.05) is 13.2 Å². The normalized spacial score (nSPS) is 15.7. The zero-order chi connectivity index (χ0) is 16.1. The molecule has 1 atom stereocenters. The lowest BCUT2D eigenvalue weighted by atomic mass is 10.0. The summed E-state index contributed by atoms with van der Waals surface area (Å²) in [5.41, 5.74) is 1.39. The molecule has 1 N–H and O–H groups in total. The summed E-state index contributed by atoms with van der Waals surface area (Å²) in [5.74, 6) is 0.997. The van der Waals surface area contributed by atoms with Gasteiger partial charge in [0.15, 0.2) is 6.61 Å². The number of carbonyl (C=O) groups is 1. The van der Waals surface area contributed by atoms with Crippen molar-refractivity contribution >= 4 is 5.91 Å². The maximum Gasteiger partial charge on any atom is 0.258 e. The molecule has 5 nitrogen and oxygen atoms in total. The van der Waals surface area contributed by atoms with Crippen LogP contribution < -0.4 is 14.8 Å². The molecular weight excluding hydrogens is 292 g/mol. The van der Waals surface area contributed by atoms with Crippen LogP contribution in [0.4, 0.5) is 0 Å². The average molecular weight is 308 g/mol. The minimum Gasteiger partial charge on any atom is -0.493 e. The number of nitriles is 1. The van der Waals surface area contributed by atoms with Crippen molar-refractivity contribution in [2.45, 2.75) is 12.5 Å². The van der Waals surface area contributed by atoms with E-state index in [0.717, 1.165) is 17.7 Å². The molecule has 1 aliphatic rings. The summed E-state index contributed by atoms with van der Waals surface area (Å²) >= 11 is 0. The summed E-state index contributed by atoms with van der Waals surface area (Å²) in [6, 6.07) is 16.5. The van der Waals surface area contributed by atoms with Gasteiger partial charge in [-0.05, 0) is 18.2 Å². The molecule has 1 unspecified atom stereocenters. The molecule has 0 aromatic heterocycles. The zero-order valence-corrected chi connectivity index (χ0v) is 12.5. The van der Waals surface area contributed by atoms with Gasteiger partial charge >= 0.3 is 0 Å². The maximum absolute atomic E-state index is 12.1. The summed E-state index contributed by atoms with van der Waals surface area (Å²) in [5, 5.41) is 12.0. The molecule has 1 amide bonds. The molecule has 1 heterocycles. The Morgan fingerprint density at radius 1 is 1.26 bits per heavy atom. The average Bonchev–Trinajstić information content (AvgIpc) is 2.60. The second kappa shape index (κ2) is 6.84. The van der Waals surface area contributed by atoms with Gasteiger partial charge in [0.2, 0.25) is 0 Å². The first kappa shape index (κ1) is 14.9. The van der Waals surface area contributed by atoms with Crippen molar-refractivity contribution in [3.8, 4) is 17.6 Å². The molecule has 1 aliphatic heterocycles. The van der Waals surface area contributed by atoms with Crippen LogP contribution in [-0.4, -0.2) is 19.1 Å². The minimum atomic E-state index is -0.223. The smallest absolute Gasteiger partial charge is 0.258 e. The molecule has 0 spiro atoms. The van der Waals surface area contributed by atoms with E-state index < -0.39 is 0 Å². The summed E-state index contributed by atoms with van der Waals surface area (Å²) in [6.45, 7) is 0.443. The van der Waals surface area contributed by atoms with Crippen molar-refractivity contribution in [3.05, 3.63) is 59.7 Å². The number of ether oxygens (including phenoxy) is 2. The highest BCUT2D eigenvalue weighted by Crippen LogP contribution is 2.31. The number of nitrogens with zero attached hydrogens (tertiary/aromatic N) is 1. The van der Waals surface area contributed by atoms with Crippen LogP contribution in [0.15, 0.2) is 48.5 Å². The van der Waals surface area contributed by atoms with E-state index in [-0.39, 0.29) is 18.6 Å². The number of hydrogen-bond donors (Lipinski definition) is 1. The number of fused-ring (bicyclic) bond motifs is 1.